The van der Waals surface area contributed by atoms with Crippen molar-refractivity contribution in [2.75, 3.05) is 4.90 Å². The summed E-state index contributed by atoms with van der Waals surface area (Å²) in [4.78, 5) is 12.3. The summed E-state index contributed by atoms with van der Waals surface area (Å²) in [6.45, 7) is 4.23. The molecule has 0 N–H and O–H groups in total. The van der Waals surface area contributed by atoms with Gasteiger partial charge in [-0.15, -0.1) is 10.2 Å². The predicted molar refractivity (Wildman–Crippen MR) is 105 cm³/mol. The average molecular weight is 360 g/mol. The summed E-state index contributed by atoms with van der Waals surface area (Å²) in [5.41, 5.74) is 2.05. The minimum Gasteiger partial charge on any atom is -0.342 e. The van der Waals surface area contributed by atoms with Crippen molar-refractivity contribution >= 4 is 5.82 Å². The third-order valence-electron chi connectivity index (χ3n) is 5.86. The Hall–Kier alpha value is -2.76. The fourth-order valence-corrected chi connectivity index (χ4v) is 4.59. The molecule has 1 atom stereocenters. The van der Waals surface area contributed by atoms with Crippen molar-refractivity contribution in [2.45, 2.75) is 58.0 Å². The standard InChI is InChI=1S/C21H24N6/c1-3-17-21-25-24-14(2)26(21)18-13-22-19(15-9-5-4-6-10-15)23-20(18)27(17)16-11-7-8-12-16/h4-6,9-10,13,16-17H,3,7-8,11-12H2,1-2H3/t17-/m1/s1. The van der Waals surface area contributed by atoms with Crippen molar-refractivity contribution in [3.8, 4) is 17.1 Å². The van der Waals surface area contributed by atoms with Crippen molar-refractivity contribution in [2.24, 2.45) is 0 Å². The van der Waals surface area contributed by atoms with Crippen LogP contribution in [0, 0.1) is 6.92 Å². The van der Waals surface area contributed by atoms with Gasteiger partial charge in [0, 0.05) is 11.6 Å². The van der Waals surface area contributed by atoms with Crippen LogP contribution in [0.15, 0.2) is 36.5 Å². The summed E-state index contributed by atoms with van der Waals surface area (Å²) >= 11 is 0. The zero-order valence-corrected chi connectivity index (χ0v) is 15.8. The monoisotopic (exact) mass is 360 g/mol. The van der Waals surface area contributed by atoms with E-state index in [1.165, 1.54) is 25.7 Å². The van der Waals surface area contributed by atoms with Gasteiger partial charge in [0.25, 0.3) is 0 Å². The Balaban J connectivity index is 1.72. The molecule has 138 valence electrons. The van der Waals surface area contributed by atoms with E-state index in [0.29, 0.717) is 6.04 Å². The van der Waals surface area contributed by atoms with Crippen LogP contribution in [0.5, 0.6) is 0 Å². The molecule has 0 bridgehead atoms. The average Bonchev–Trinajstić information content (AvgIpc) is 3.37. The SMILES string of the molecule is CC[C@@H]1c2nnc(C)n2-c2cnc(-c3ccccc3)nc2N1C1CCCC1. The summed E-state index contributed by atoms with van der Waals surface area (Å²) in [5.74, 6) is 3.72. The highest BCUT2D eigenvalue weighted by atomic mass is 15.4. The van der Waals surface area contributed by atoms with Crippen LogP contribution in [0.3, 0.4) is 0 Å². The number of hydrogen-bond donors (Lipinski definition) is 0. The lowest BCUT2D eigenvalue weighted by molar-refractivity contribution is 0.468. The van der Waals surface area contributed by atoms with Crippen LogP contribution in [-0.2, 0) is 0 Å². The molecule has 3 aromatic rings. The van der Waals surface area contributed by atoms with Crippen molar-refractivity contribution in [3.05, 3.63) is 48.2 Å². The number of benzene rings is 1. The molecule has 6 nitrogen and oxygen atoms in total. The number of rotatable bonds is 3. The minimum atomic E-state index is 0.209. The summed E-state index contributed by atoms with van der Waals surface area (Å²) in [6, 6.07) is 10.9. The Morgan fingerprint density at radius 1 is 1.07 bits per heavy atom. The van der Waals surface area contributed by atoms with Gasteiger partial charge < -0.3 is 4.90 Å². The maximum atomic E-state index is 5.07. The van der Waals surface area contributed by atoms with Crippen molar-refractivity contribution in [1.82, 2.24) is 24.7 Å². The first kappa shape index (κ1) is 16.4. The molecule has 0 spiro atoms. The number of hydrogen-bond acceptors (Lipinski definition) is 5. The third-order valence-corrected chi connectivity index (χ3v) is 5.86. The molecule has 3 heterocycles. The maximum Gasteiger partial charge on any atom is 0.161 e. The lowest BCUT2D eigenvalue weighted by Crippen LogP contribution is -2.42. The van der Waals surface area contributed by atoms with Gasteiger partial charge in [-0.2, -0.15) is 0 Å². The molecule has 1 aromatic carbocycles. The molecule has 5 rings (SSSR count). The molecule has 2 aromatic heterocycles. The highest BCUT2D eigenvalue weighted by molar-refractivity contribution is 5.67. The smallest absolute Gasteiger partial charge is 0.161 e. The van der Waals surface area contributed by atoms with Crippen LogP contribution < -0.4 is 4.90 Å². The highest BCUT2D eigenvalue weighted by Gasteiger charge is 2.39. The molecular weight excluding hydrogens is 336 g/mol. The Kier molecular flexibility index (Phi) is 3.92. The van der Waals surface area contributed by atoms with Crippen LogP contribution in [0.1, 0.15) is 56.7 Å². The van der Waals surface area contributed by atoms with E-state index >= 15 is 0 Å². The number of anilines is 1. The molecule has 0 radical (unpaired) electrons. The van der Waals surface area contributed by atoms with Gasteiger partial charge in [-0.1, -0.05) is 50.1 Å². The normalized spacial score (nSPS) is 19.2. The Morgan fingerprint density at radius 3 is 2.59 bits per heavy atom. The van der Waals surface area contributed by atoms with Crippen LogP contribution in [0.4, 0.5) is 5.82 Å². The van der Waals surface area contributed by atoms with Crippen LogP contribution in [-0.4, -0.2) is 30.8 Å². The van der Waals surface area contributed by atoms with Crippen molar-refractivity contribution in [3.63, 3.8) is 0 Å². The van der Waals surface area contributed by atoms with E-state index in [-0.39, 0.29) is 6.04 Å². The van der Waals surface area contributed by atoms with Gasteiger partial charge in [-0.3, -0.25) is 4.57 Å². The van der Waals surface area contributed by atoms with Gasteiger partial charge in [-0.25, -0.2) is 9.97 Å². The van der Waals surface area contributed by atoms with Gasteiger partial charge in [-0.05, 0) is 26.2 Å². The molecule has 1 aliphatic carbocycles. The van der Waals surface area contributed by atoms with Gasteiger partial charge >= 0.3 is 0 Å². The largest absolute Gasteiger partial charge is 0.342 e. The Bertz CT molecular complexity index is 958. The Morgan fingerprint density at radius 2 is 1.85 bits per heavy atom. The van der Waals surface area contributed by atoms with E-state index in [4.69, 9.17) is 4.98 Å². The first-order valence-corrected chi connectivity index (χ1v) is 9.91. The highest BCUT2D eigenvalue weighted by Crippen LogP contribution is 2.43. The zero-order chi connectivity index (χ0) is 18.4. The number of aryl methyl sites for hydroxylation is 1. The van der Waals surface area contributed by atoms with Crippen LogP contribution in [0.2, 0.25) is 0 Å². The lowest BCUT2D eigenvalue weighted by Gasteiger charge is -2.41. The van der Waals surface area contributed by atoms with Gasteiger partial charge in [0.2, 0.25) is 0 Å². The van der Waals surface area contributed by atoms with Crippen LogP contribution in [0.25, 0.3) is 17.1 Å². The number of nitrogens with zero attached hydrogens (tertiary/aromatic N) is 6. The van der Waals surface area contributed by atoms with E-state index in [2.05, 4.69) is 43.7 Å². The quantitative estimate of drug-likeness (QED) is 0.699. The summed E-state index contributed by atoms with van der Waals surface area (Å²) < 4.78 is 2.14. The predicted octanol–water partition coefficient (Wildman–Crippen LogP) is 4.25. The summed E-state index contributed by atoms with van der Waals surface area (Å²) in [6.07, 6.45) is 7.93. The molecule has 6 heteroatoms. The van der Waals surface area contributed by atoms with Crippen LogP contribution >= 0.6 is 0 Å². The Labute approximate surface area is 159 Å². The maximum absolute atomic E-state index is 5.07. The molecule has 2 aliphatic rings. The van der Waals surface area contributed by atoms with Crippen molar-refractivity contribution in [1.29, 1.82) is 0 Å². The minimum absolute atomic E-state index is 0.209. The van der Waals surface area contributed by atoms with E-state index in [1.54, 1.807) is 0 Å². The van der Waals surface area contributed by atoms with E-state index in [1.807, 2.05) is 31.3 Å². The van der Waals surface area contributed by atoms with Gasteiger partial charge in [0.05, 0.1) is 12.2 Å². The first-order chi connectivity index (χ1) is 13.3. The fraction of sp³-hybridized carbons (Fsp3) is 0.429. The van der Waals surface area contributed by atoms with Gasteiger partial charge in [0.1, 0.15) is 11.5 Å². The molecule has 27 heavy (non-hydrogen) atoms. The molecule has 1 fully saturated rings. The molecule has 1 aliphatic heterocycles. The topological polar surface area (TPSA) is 59.7 Å². The second-order valence-electron chi connectivity index (χ2n) is 7.48. The van der Waals surface area contributed by atoms with Crippen molar-refractivity contribution < 1.29 is 0 Å². The molecule has 0 amide bonds. The second-order valence-corrected chi connectivity index (χ2v) is 7.48. The molecular formula is C21H24N6. The fourth-order valence-electron chi connectivity index (χ4n) is 4.59. The van der Waals surface area contributed by atoms with E-state index in [9.17, 15) is 0 Å². The summed E-state index contributed by atoms with van der Waals surface area (Å²) in [7, 11) is 0. The lowest BCUT2D eigenvalue weighted by atomic mass is 10.0. The molecule has 0 saturated heterocycles. The molecule has 1 saturated carbocycles. The van der Waals surface area contributed by atoms with Gasteiger partial charge in [0.15, 0.2) is 17.5 Å². The zero-order valence-electron chi connectivity index (χ0n) is 15.8. The van der Waals surface area contributed by atoms with E-state index in [0.717, 1.165) is 41.0 Å². The third kappa shape index (κ3) is 2.54. The number of fused-ring (bicyclic) bond motifs is 3. The second kappa shape index (κ2) is 6.44. The summed E-state index contributed by atoms with van der Waals surface area (Å²) in [5, 5.41) is 8.89. The van der Waals surface area contributed by atoms with E-state index < -0.39 is 0 Å². The molecule has 0 unspecified atom stereocenters. The number of aromatic nitrogens is 5. The first-order valence-electron chi connectivity index (χ1n) is 9.91.